The third-order valence-electron chi connectivity index (χ3n) is 4.59. The highest BCUT2D eigenvalue weighted by molar-refractivity contribution is 9.10. The number of rotatable bonds is 4. The van der Waals surface area contributed by atoms with Gasteiger partial charge in [-0.3, -0.25) is 4.98 Å². The maximum absolute atomic E-state index is 12.8. The van der Waals surface area contributed by atoms with Crippen LogP contribution in [0, 0.1) is 0 Å². The molecule has 0 saturated carbocycles. The van der Waals surface area contributed by atoms with Crippen molar-refractivity contribution in [3.63, 3.8) is 0 Å². The predicted molar refractivity (Wildman–Crippen MR) is 110 cm³/mol. The molecule has 1 saturated heterocycles. The zero-order valence-electron chi connectivity index (χ0n) is 14.9. The minimum atomic E-state index is -3.49. The van der Waals surface area contributed by atoms with Crippen LogP contribution in [0.25, 0.3) is 11.4 Å². The molecule has 3 aromatic rings. The van der Waals surface area contributed by atoms with Crippen LogP contribution in [0.5, 0.6) is 0 Å². The lowest BCUT2D eigenvalue weighted by Gasteiger charge is -2.34. The number of anilines is 1. The first-order valence-electron chi connectivity index (χ1n) is 8.80. The van der Waals surface area contributed by atoms with Gasteiger partial charge >= 0.3 is 0 Å². The van der Waals surface area contributed by atoms with E-state index < -0.39 is 10.0 Å². The molecule has 7 nitrogen and oxygen atoms in total. The SMILES string of the molecule is O=S(=O)(c1ccc(Br)cc1)N1CCN(c2ccc(-c3ccccn3)nn2)CC1. The zero-order valence-corrected chi connectivity index (χ0v) is 17.3. The highest BCUT2D eigenvalue weighted by Gasteiger charge is 2.29. The molecule has 1 fully saturated rings. The number of sulfonamides is 1. The van der Waals surface area contributed by atoms with Gasteiger partial charge in [0.1, 0.15) is 5.69 Å². The molecule has 0 atom stereocenters. The lowest BCUT2D eigenvalue weighted by molar-refractivity contribution is 0.383. The molecule has 1 aliphatic heterocycles. The molecule has 0 N–H and O–H groups in total. The van der Waals surface area contributed by atoms with E-state index in [4.69, 9.17) is 0 Å². The van der Waals surface area contributed by atoms with Crippen LogP contribution in [-0.2, 0) is 10.0 Å². The molecule has 9 heteroatoms. The van der Waals surface area contributed by atoms with E-state index >= 15 is 0 Å². The Hall–Kier alpha value is -2.36. The summed E-state index contributed by atoms with van der Waals surface area (Å²) in [7, 11) is -3.49. The maximum atomic E-state index is 12.8. The smallest absolute Gasteiger partial charge is 0.243 e. The highest BCUT2D eigenvalue weighted by atomic mass is 79.9. The summed E-state index contributed by atoms with van der Waals surface area (Å²) in [6.07, 6.45) is 1.72. The summed E-state index contributed by atoms with van der Waals surface area (Å²) in [4.78, 5) is 6.62. The number of hydrogen-bond acceptors (Lipinski definition) is 6. The molecule has 0 spiro atoms. The molecule has 144 valence electrons. The van der Waals surface area contributed by atoms with Crippen LogP contribution in [0.2, 0.25) is 0 Å². The van der Waals surface area contributed by atoms with Crippen LogP contribution in [-0.4, -0.2) is 54.1 Å². The lowest BCUT2D eigenvalue weighted by atomic mass is 10.2. The van der Waals surface area contributed by atoms with Gasteiger partial charge in [-0.1, -0.05) is 22.0 Å². The number of aromatic nitrogens is 3. The average molecular weight is 460 g/mol. The standard InChI is InChI=1S/C19H18BrN5O2S/c20-15-4-6-16(7-5-15)28(26,27)25-13-11-24(12-14-25)19-9-8-18(22-23-19)17-3-1-2-10-21-17/h1-10H,11-14H2. The second kappa shape index (κ2) is 7.94. The van der Waals surface area contributed by atoms with Crippen molar-refractivity contribution >= 4 is 31.8 Å². The number of halogens is 1. The molecule has 4 rings (SSSR count). The van der Waals surface area contributed by atoms with Crippen molar-refractivity contribution in [2.24, 2.45) is 0 Å². The monoisotopic (exact) mass is 459 g/mol. The van der Waals surface area contributed by atoms with Crippen LogP contribution < -0.4 is 4.90 Å². The van der Waals surface area contributed by atoms with Gasteiger partial charge in [-0.25, -0.2) is 8.42 Å². The average Bonchev–Trinajstić information content (AvgIpc) is 2.75. The Morgan fingerprint density at radius 3 is 2.18 bits per heavy atom. The van der Waals surface area contributed by atoms with E-state index in [9.17, 15) is 8.42 Å². The van der Waals surface area contributed by atoms with Gasteiger partial charge in [0.2, 0.25) is 10.0 Å². The van der Waals surface area contributed by atoms with Gasteiger partial charge in [-0.05, 0) is 48.5 Å². The van der Waals surface area contributed by atoms with Crippen LogP contribution in [0.4, 0.5) is 5.82 Å². The highest BCUT2D eigenvalue weighted by Crippen LogP contribution is 2.22. The summed E-state index contributed by atoms with van der Waals surface area (Å²) < 4.78 is 28.0. The summed E-state index contributed by atoms with van der Waals surface area (Å²) in [5, 5.41) is 8.55. The van der Waals surface area contributed by atoms with E-state index in [0.717, 1.165) is 16.0 Å². The summed E-state index contributed by atoms with van der Waals surface area (Å²) >= 11 is 3.33. The first-order valence-corrected chi connectivity index (χ1v) is 11.0. The van der Waals surface area contributed by atoms with E-state index in [1.54, 1.807) is 30.5 Å². The fourth-order valence-corrected chi connectivity index (χ4v) is 4.74. The van der Waals surface area contributed by atoms with Crippen molar-refractivity contribution in [2.75, 3.05) is 31.1 Å². The van der Waals surface area contributed by atoms with Crippen molar-refractivity contribution in [3.05, 3.63) is 65.3 Å². The Kier molecular flexibility index (Phi) is 5.38. The molecule has 0 aliphatic carbocycles. The Labute approximate surface area is 172 Å². The minimum Gasteiger partial charge on any atom is -0.352 e. The van der Waals surface area contributed by atoms with Crippen LogP contribution in [0.1, 0.15) is 0 Å². The predicted octanol–water partition coefficient (Wildman–Crippen LogP) is 2.81. The summed E-state index contributed by atoms with van der Waals surface area (Å²) in [6.45, 7) is 1.94. The molecule has 0 bridgehead atoms. The van der Waals surface area contributed by atoms with E-state index in [2.05, 4.69) is 31.1 Å². The quantitative estimate of drug-likeness (QED) is 0.596. The van der Waals surface area contributed by atoms with E-state index in [-0.39, 0.29) is 0 Å². The van der Waals surface area contributed by atoms with Crippen molar-refractivity contribution in [1.82, 2.24) is 19.5 Å². The van der Waals surface area contributed by atoms with E-state index in [1.807, 2.05) is 35.2 Å². The van der Waals surface area contributed by atoms with Crippen LogP contribution >= 0.6 is 15.9 Å². The number of hydrogen-bond donors (Lipinski definition) is 0. The summed E-state index contributed by atoms with van der Waals surface area (Å²) in [6, 6.07) is 16.1. The molecule has 2 aromatic heterocycles. The largest absolute Gasteiger partial charge is 0.352 e. The van der Waals surface area contributed by atoms with Crippen molar-refractivity contribution < 1.29 is 8.42 Å². The van der Waals surface area contributed by atoms with Crippen molar-refractivity contribution in [1.29, 1.82) is 0 Å². The van der Waals surface area contributed by atoms with E-state index in [1.165, 1.54) is 4.31 Å². The second-order valence-electron chi connectivity index (χ2n) is 6.34. The van der Waals surface area contributed by atoms with Crippen molar-refractivity contribution in [2.45, 2.75) is 4.90 Å². The molecule has 1 aromatic carbocycles. The molecule has 0 amide bonds. The van der Waals surface area contributed by atoms with Crippen molar-refractivity contribution in [3.8, 4) is 11.4 Å². The third-order valence-corrected chi connectivity index (χ3v) is 7.03. The molecule has 28 heavy (non-hydrogen) atoms. The molecule has 3 heterocycles. The summed E-state index contributed by atoms with van der Waals surface area (Å²) in [5.41, 5.74) is 1.48. The maximum Gasteiger partial charge on any atom is 0.243 e. The zero-order chi connectivity index (χ0) is 19.6. The van der Waals surface area contributed by atoms with Crippen LogP contribution in [0.3, 0.4) is 0 Å². The Bertz CT molecular complexity index is 1040. The lowest BCUT2D eigenvalue weighted by Crippen LogP contribution is -2.48. The minimum absolute atomic E-state index is 0.309. The van der Waals surface area contributed by atoms with Gasteiger partial charge in [0.15, 0.2) is 5.82 Å². The molecule has 0 radical (unpaired) electrons. The Morgan fingerprint density at radius 1 is 0.821 bits per heavy atom. The Balaban J connectivity index is 1.43. The molecular formula is C19H18BrN5O2S. The molecular weight excluding hydrogens is 442 g/mol. The molecule has 0 unspecified atom stereocenters. The normalized spacial score (nSPS) is 15.5. The number of nitrogens with zero attached hydrogens (tertiary/aromatic N) is 5. The summed E-state index contributed by atoms with van der Waals surface area (Å²) in [5.74, 6) is 0.736. The third kappa shape index (κ3) is 3.91. The van der Waals surface area contributed by atoms with Gasteiger partial charge in [0.05, 0.1) is 10.6 Å². The van der Waals surface area contributed by atoms with Gasteiger partial charge in [0, 0.05) is 36.8 Å². The van der Waals surface area contributed by atoms with Crippen LogP contribution in [0.15, 0.2) is 70.2 Å². The Morgan fingerprint density at radius 2 is 1.57 bits per heavy atom. The van der Waals surface area contributed by atoms with Gasteiger partial charge in [-0.2, -0.15) is 4.31 Å². The van der Waals surface area contributed by atoms with Gasteiger partial charge in [-0.15, -0.1) is 10.2 Å². The topological polar surface area (TPSA) is 79.3 Å². The number of benzene rings is 1. The van der Waals surface area contributed by atoms with E-state index in [0.29, 0.717) is 36.8 Å². The van der Waals surface area contributed by atoms with Gasteiger partial charge < -0.3 is 4.90 Å². The first-order chi connectivity index (χ1) is 13.5. The first kappa shape index (κ1) is 19.0. The fraction of sp³-hybridized carbons (Fsp3) is 0.211. The number of pyridine rings is 1. The molecule has 1 aliphatic rings. The number of piperazine rings is 1. The second-order valence-corrected chi connectivity index (χ2v) is 9.19. The van der Waals surface area contributed by atoms with Gasteiger partial charge in [0.25, 0.3) is 0 Å². The fourth-order valence-electron chi connectivity index (χ4n) is 3.06.